The van der Waals surface area contributed by atoms with Crippen molar-refractivity contribution in [2.45, 2.75) is 26.9 Å². The predicted molar refractivity (Wildman–Crippen MR) is 156 cm³/mol. The average Bonchev–Trinajstić information content (AvgIpc) is 3.25. The van der Waals surface area contributed by atoms with E-state index in [2.05, 4.69) is 18.2 Å². The number of allylic oxidation sites excluding steroid dienone is 2. The Bertz CT molecular complexity index is 1620. The van der Waals surface area contributed by atoms with Gasteiger partial charge in [-0.1, -0.05) is 72.2 Å². The molecular formula is C31H28Cl2N2O4. The monoisotopic (exact) mass is 562 g/mol. The van der Waals surface area contributed by atoms with Gasteiger partial charge in [0, 0.05) is 21.2 Å². The molecule has 0 fully saturated rings. The van der Waals surface area contributed by atoms with Crippen LogP contribution >= 0.6 is 23.2 Å². The predicted octanol–water partition coefficient (Wildman–Crippen LogP) is 6.27. The number of ether oxygens (including phenoxy) is 1. The lowest BCUT2D eigenvalue weighted by atomic mass is 10.1. The summed E-state index contributed by atoms with van der Waals surface area (Å²) in [5.74, 6) is -0.175. The zero-order valence-electron chi connectivity index (χ0n) is 21.8. The van der Waals surface area contributed by atoms with Crippen LogP contribution in [0.25, 0.3) is 29.0 Å². The zero-order valence-corrected chi connectivity index (χ0v) is 23.3. The van der Waals surface area contributed by atoms with Gasteiger partial charge in [0.2, 0.25) is 0 Å². The molecule has 1 aliphatic rings. The molecule has 4 aromatic rings. The molecule has 0 unspecified atom stereocenters. The molecule has 1 heterocycles. The van der Waals surface area contributed by atoms with Crippen LogP contribution in [0.5, 0.6) is 5.75 Å². The van der Waals surface area contributed by atoms with Gasteiger partial charge in [0.25, 0.3) is 0 Å². The van der Waals surface area contributed by atoms with Crippen LogP contribution in [-0.4, -0.2) is 28.1 Å². The third kappa shape index (κ3) is 6.72. The molecule has 0 radical (unpaired) electrons. The van der Waals surface area contributed by atoms with Crippen LogP contribution in [0.1, 0.15) is 41.9 Å². The van der Waals surface area contributed by atoms with Crippen LogP contribution in [0, 0.1) is 0 Å². The van der Waals surface area contributed by atoms with Crippen LogP contribution in [-0.2, 0) is 6.61 Å². The number of hydrogen-bond donors (Lipinski definition) is 1. The SMILES string of the molecule is CC.COc1ccc2c(c1)=CCC=C(c1cc(-c3cc(Cl)cc(Cl)c3)nn1OCc1ccc(C(=O)O)cc1)C=2. The average molecular weight is 563 g/mol. The van der Waals surface area contributed by atoms with Crippen molar-refractivity contribution in [3.05, 3.63) is 110 Å². The van der Waals surface area contributed by atoms with E-state index in [0.717, 1.165) is 38.6 Å². The van der Waals surface area contributed by atoms with E-state index in [-0.39, 0.29) is 12.2 Å². The molecule has 0 aliphatic heterocycles. The number of nitrogens with zero attached hydrogens (tertiary/aromatic N) is 2. The number of aromatic carboxylic acids is 1. The van der Waals surface area contributed by atoms with Crippen LogP contribution in [0.15, 0.2) is 72.8 Å². The summed E-state index contributed by atoms with van der Waals surface area (Å²) >= 11 is 12.5. The van der Waals surface area contributed by atoms with Gasteiger partial charge in [-0.25, -0.2) is 4.79 Å². The second-order valence-corrected chi connectivity index (χ2v) is 9.33. The lowest BCUT2D eigenvalue weighted by molar-refractivity contribution is 0.0681. The quantitative estimate of drug-likeness (QED) is 0.287. The van der Waals surface area contributed by atoms with Gasteiger partial charge < -0.3 is 14.7 Å². The van der Waals surface area contributed by atoms with Gasteiger partial charge in [-0.3, -0.25) is 0 Å². The van der Waals surface area contributed by atoms with Gasteiger partial charge in [-0.2, -0.15) is 0 Å². The van der Waals surface area contributed by atoms with Crippen molar-refractivity contribution in [2.75, 3.05) is 7.11 Å². The normalized spacial score (nSPS) is 12.0. The van der Waals surface area contributed by atoms with Crippen molar-refractivity contribution in [1.82, 2.24) is 9.94 Å². The summed E-state index contributed by atoms with van der Waals surface area (Å²) in [5.41, 5.74) is 4.13. The van der Waals surface area contributed by atoms with Crippen LogP contribution in [0.3, 0.4) is 0 Å². The molecule has 8 heteroatoms. The lowest BCUT2D eigenvalue weighted by Gasteiger charge is -2.10. The Morgan fingerprint density at radius 3 is 2.33 bits per heavy atom. The number of rotatable bonds is 7. The molecule has 1 aromatic heterocycles. The topological polar surface area (TPSA) is 73.6 Å². The maximum absolute atomic E-state index is 11.2. The van der Waals surface area contributed by atoms with Crippen molar-refractivity contribution in [1.29, 1.82) is 0 Å². The molecule has 200 valence electrons. The zero-order chi connectivity index (χ0) is 27.9. The Morgan fingerprint density at radius 1 is 0.949 bits per heavy atom. The van der Waals surface area contributed by atoms with Gasteiger partial charge in [-0.15, -0.1) is 5.10 Å². The second kappa shape index (κ2) is 12.7. The number of carboxylic acids is 1. The van der Waals surface area contributed by atoms with E-state index in [9.17, 15) is 4.79 Å². The van der Waals surface area contributed by atoms with Gasteiger partial charge in [-0.05, 0) is 77.0 Å². The highest BCUT2D eigenvalue weighted by Crippen LogP contribution is 2.29. The van der Waals surface area contributed by atoms with Crippen molar-refractivity contribution in [3.63, 3.8) is 0 Å². The number of hydrogen-bond acceptors (Lipinski definition) is 4. The van der Waals surface area contributed by atoms with E-state index in [1.54, 1.807) is 49.6 Å². The largest absolute Gasteiger partial charge is 0.497 e. The minimum atomic E-state index is -0.975. The molecule has 0 saturated heterocycles. The van der Waals surface area contributed by atoms with E-state index in [1.165, 1.54) is 4.85 Å². The van der Waals surface area contributed by atoms with Crippen LogP contribution in [0.2, 0.25) is 10.0 Å². The van der Waals surface area contributed by atoms with Crippen molar-refractivity contribution in [2.24, 2.45) is 0 Å². The maximum Gasteiger partial charge on any atom is 0.335 e. The van der Waals surface area contributed by atoms with Crippen LogP contribution < -0.4 is 20.0 Å². The molecule has 0 amide bonds. The summed E-state index contributed by atoms with van der Waals surface area (Å²) in [4.78, 5) is 18.8. The molecule has 3 aromatic carbocycles. The number of aromatic nitrogens is 2. The highest BCUT2D eigenvalue weighted by atomic mass is 35.5. The Balaban J connectivity index is 0.00000172. The number of methoxy groups -OCH3 is 1. The summed E-state index contributed by atoms with van der Waals surface area (Å²) in [6.45, 7) is 4.19. The minimum Gasteiger partial charge on any atom is -0.497 e. The highest BCUT2D eigenvalue weighted by Gasteiger charge is 2.16. The first-order valence-electron chi connectivity index (χ1n) is 12.5. The number of fused-ring (bicyclic) bond motifs is 1. The van der Waals surface area contributed by atoms with Gasteiger partial charge >= 0.3 is 5.97 Å². The maximum atomic E-state index is 11.2. The van der Waals surface area contributed by atoms with Crippen LogP contribution in [0.4, 0.5) is 0 Å². The molecular weight excluding hydrogens is 535 g/mol. The second-order valence-electron chi connectivity index (χ2n) is 8.46. The Kier molecular flexibility index (Phi) is 9.12. The van der Waals surface area contributed by atoms with Crippen molar-refractivity contribution >= 4 is 46.9 Å². The van der Waals surface area contributed by atoms with E-state index < -0.39 is 5.97 Å². The van der Waals surface area contributed by atoms with Gasteiger partial charge in [0.15, 0.2) is 0 Å². The molecule has 6 nitrogen and oxygen atoms in total. The molecule has 0 bridgehead atoms. The van der Waals surface area contributed by atoms with Gasteiger partial charge in [0.1, 0.15) is 18.1 Å². The fourth-order valence-electron chi connectivity index (χ4n) is 4.09. The highest BCUT2D eigenvalue weighted by molar-refractivity contribution is 6.35. The van der Waals surface area contributed by atoms with Gasteiger partial charge in [0.05, 0.1) is 18.4 Å². The number of benzene rings is 3. The number of halogens is 2. The third-order valence-corrected chi connectivity index (χ3v) is 6.40. The summed E-state index contributed by atoms with van der Waals surface area (Å²) < 4.78 is 5.38. The Hall–Kier alpha value is -4.00. The molecule has 0 atom stereocenters. The summed E-state index contributed by atoms with van der Waals surface area (Å²) in [5, 5.41) is 17.0. The molecule has 0 spiro atoms. The fourth-order valence-corrected chi connectivity index (χ4v) is 4.61. The molecule has 39 heavy (non-hydrogen) atoms. The standard InChI is InChI=1S/C29H22Cl2N2O4.C2H6/c1-36-26-10-9-21-11-22(4-2-3-20(21)14-26)28-16-27(23-12-24(30)15-25(31)13-23)32-33(28)37-17-18-5-7-19(8-6-18)29(34)35;1-2/h3-16H,2,17H2,1H3,(H,34,35);1-2H3. The van der Waals surface area contributed by atoms with E-state index >= 15 is 0 Å². The fraction of sp³-hybridized carbons (Fsp3) is 0.161. The number of carbonyl (C=O) groups is 1. The van der Waals surface area contributed by atoms with E-state index in [0.29, 0.717) is 22.2 Å². The summed E-state index contributed by atoms with van der Waals surface area (Å²) in [6, 6.07) is 19.7. The lowest BCUT2D eigenvalue weighted by Crippen LogP contribution is -2.24. The molecule has 0 saturated carbocycles. The van der Waals surface area contributed by atoms with E-state index in [4.69, 9.17) is 43.0 Å². The smallest absolute Gasteiger partial charge is 0.335 e. The Labute approximate surface area is 237 Å². The molecule has 5 rings (SSSR count). The minimum absolute atomic E-state index is 0.192. The summed E-state index contributed by atoms with van der Waals surface area (Å²) in [6.07, 6.45) is 7.06. The first kappa shape index (κ1) is 28.0. The molecule has 1 N–H and O–H groups in total. The molecule has 1 aliphatic carbocycles. The first-order valence-corrected chi connectivity index (χ1v) is 13.2. The third-order valence-electron chi connectivity index (χ3n) is 5.97. The van der Waals surface area contributed by atoms with Crippen molar-refractivity contribution in [3.8, 4) is 17.0 Å². The Morgan fingerprint density at radius 2 is 1.67 bits per heavy atom. The summed E-state index contributed by atoms with van der Waals surface area (Å²) in [7, 11) is 1.65. The number of carboxylic acid groups (broad SMARTS) is 1. The first-order chi connectivity index (χ1) is 18.9. The van der Waals surface area contributed by atoms with Crippen molar-refractivity contribution < 1.29 is 19.5 Å². The van der Waals surface area contributed by atoms with E-state index in [1.807, 2.05) is 38.1 Å².